The highest BCUT2D eigenvalue weighted by Crippen LogP contribution is 2.31. The van der Waals surface area contributed by atoms with Crippen molar-refractivity contribution >= 4 is 5.78 Å². The summed E-state index contributed by atoms with van der Waals surface area (Å²) in [5.41, 5.74) is 4.78. The molecule has 0 atom stereocenters. The molecule has 1 aromatic rings. The standard InChI is InChI=1S/C10H9F2NO2/c11-6-3-8-5(1-2-15-8)10(12)9(6)7(14)4-13/h3H,1-2,4,13H2. The molecule has 5 heteroatoms. The average molecular weight is 213 g/mol. The van der Waals surface area contributed by atoms with Crippen LogP contribution < -0.4 is 10.5 Å². The molecule has 1 aromatic carbocycles. The summed E-state index contributed by atoms with van der Waals surface area (Å²) in [5.74, 6) is -2.31. The van der Waals surface area contributed by atoms with Crippen molar-refractivity contribution in [1.29, 1.82) is 0 Å². The molecule has 1 heterocycles. The number of fused-ring (bicyclic) bond motifs is 1. The number of ether oxygens (including phenoxy) is 1. The normalized spacial score (nSPS) is 13.5. The molecule has 2 rings (SSSR count). The van der Waals surface area contributed by atoms with Crippen LogP contribution in [0, 0.1) is 11.6 Å². The summed E-state index contributed by atoms with van der Waals surface area (Å²) in [6.07, 6.45) is 0.353. The Morgan fingerprint density at radius 2 is 2.27 bits per heavy atom. The number of halogens is 2. The molecule has 0 bridgehead atoms. The Kier molecular flexibility index (Phi) is 2.40. The number of carbonyl (C=O) groups is 1. The van der Waals surface area contributed by atoms with Crippen LogP contribution in [0.4, 0.5) is 8.78 Å². The molecular weight excluding hydrogens is 204 g/mol. The van der Waals surface area contributed by atoms with E-state index in [0.717, 1.165) is 6.07 Å². The zero-order chi connectivity index (χ0) is 11.0. The summed E-state index contributed by atoms with van der Waals surface area (Å²) in [4.78, 5) is 11.2. The summed E-state index contributed by atoms with van der Waals surface area (Å²) in [7, 11) is 0. The van der Waals surface area contributed by atoms with Crippen molar-refractivity contribution in [3.63, 3.8) is 0 Å². The van der Waals surface area contributed by atoms with Crippen LogP contribution in [0.1, 0.15) is 15.9 Å². The van der Waals surface area contributed by atoms with Gasteiger partial charge >= 0.3 is 0 Å². The van der Waals surface area contributed by atoms with Crippen LogP contribution >= 0.6 is 0 Å². The molecule has 0 aliphatic carbocycles. The fourth-order valence-electron chi connectivity index (χ4n) is 1.62. The molecular formula is C10H9F2NO2. The molecule has 1 aliphatic heterocycles. The Bertz CT molecular complexity index is 432. The first-order chi connectivity index (χ1) is 7.15. The van der Waals surface area contributed by atoms with Crippen molar-refractivity contribution in [3.05, 3.63) is 28.8 Å². The van der Waals surface area contributed by atoms with Crippen LogP contribution in [-0.4, -0.2) is 18.9 Å². The van der Waals surface area contributed by atoms with E-state index in [1.165, 1.54) is 0 Å². The topological polar surface area (TPSA) is 52.3 Å². The number of ketones is 1. The van der Waals surface area contributed by atoms with E-state index in [9.17, 15) is 13.6 Å². The Hall–Kier alpha value is -1.49. The lowest BCUT2D eigenvalue weighted by Crippen LogP contribution is -2.17. The predicted octanol–water partition coefficient (Wildman–Crippen LogP) is 1.04. The van der Waals surface area contributed by atoms with Crippen molar-refractivity contribution in [2.24, 2.45) is 5.73 Å². The van der Waals surface area contributed by atoms with Gasteiger partial charge in [0.1, 0.15) is 17.4 Å². The Morgan fingerprint density at radius 3 is 2.93 bits per heavy atom. The van der Waals surface area contributed by atoms with E-state index in [2.05, 4.69) is 0 Å². The van der Waals surface area contributed by atoms with E-state index in [0.29, 0.717) is 13.0 Å². The third kappa shape index (κ3) is 1.48. The van der Waals surface area contributed by atoms with Crippen LogP contribution in [0.5, 0.6) is 5.75 Å². The van der Waals surface area contributed by atoms with Crippen LogP contribution in [-0.2, 0) is 6.42 Å². The molecule has 0 fully saturated rings. The summed E-state index contributed by atoms with van der Waals surface area (Å²) in [6, 6.07) is 1.04. The zero-order valence-electron chi connectivity index (χ0n) is 7.85. The monoisotopic (exact) mass is 213 g/mol. The fraction of sp³-hybridized carbons (Fsp3) is 0.300. The Morgan fingerprint density at radius 1 is 1.53 bits per heavy atom. The molecule has 0 aromatic heterocycles. The maximum Gasteiger partial charge on any atom is 0.182 e. The van der Waals surface area contributed by atoms with Gasteiger partial charge in [0.25, 0.3) is 0 Å². The molecule has 0 spiro atoms. The number of Topliss-reactive ketones (excluding diaryl/α,β-unsaturated/α-hetero) is 1. The van der Waals surface area contributed by atoms with Gasteiger partial charge < -0.3 is 10.5 Å². The summed E-state index contributed by atoms with van der Waals surface area (Å²) >= 11 is 0. The van der Waals surface area contributed by atoms with E-state index in [1.54, 1.807) is 0 Å². The van der Waals surface area contributed by atoms with Gasteiger partial charge in [-0.3, -0.25) is 4.79 Å². The van der Waals surface area contributed by atoms with Gasteiger partial charge in [-0.1, -0.05) is 0 Å². The van der Waals surface area contributed by atoms with E-state index in [1.807, 2.05) is 0 Å². The van der Waals surface area contributed by atoms with Crippen LogP contribution in [0.25, 0.3) is 0 Å². The second-order valence-corrected chi connectivity index (χ2v) is 3.25. The third-order valence-corrected chi connectivity index (χ3v) is 2.35. The lowest BCUT2D eigenvalue weighted by Gasteiger charge is -2.06. The Labute approximate surface area is 84.8 Å². The first kappa shape index (κ1) is 10.0. The van der Waals surface area contributed by atoms with Gasteiger partial charge in [0.15, 0.2) is 5.78 Å². The van der Waals surface area contributed by atoms with Crippen LogP contribution in [0.3, 0.4) is 0 Å². The van der Waals surface area contributed by atoms with Gasteiger partial charge in [0, 0.05) is 18.1 Å². The number of hydrogen-bond acceptors (Lipinski definition) is 3. The van der Waals surface area contributed by atoms with Crippen LogP contribution in [0.15, 0.2) is 6.07 Å². The van der Waals surface area contributed by atoms with E-state index < -0.39 is 29.5 Å². The largest absolute Gasteiger partial charge is 0.493 e. The van der Waals surface area contributed by atoms with Gasteiger partial charge in [-0.15, -0.1) is 0 Å². The predicted molar refractivity (Wildman–Crippen MR) is 48.9 cm³/mol. The molecule has 80 valence electrons. The van der Waals surface area contributed by atoms with Gasteiger partial charge in [-0.2, -0.15) is 0 Å². The van der Waals surface area contributed by atoms with Crippen LogP contribution in [0.2, 0.25) is 0 Å². The quantitative estimate of drug-likeness (QED) is 0.747. The van der Waals surface area contributed by atoms with Crippen molar-refractivity contribution in [2.45, 2.75) is 6.42 Å². The maximum absolute atomic E-state index is 13.7. The summed E-state index contributed by atoms with van der Waals surface area (Å²) in [6.45, 7) is -0.0978. The smallest absolute Gasteiger partial charge is 0.182 e. The molecule has 0 radical (unpaired) electrons. The number of rotatable bonds is 2. The van der Waals surface area contributed by atoms with Gasteiger partial charge in [0.2, 0.25) is 0 Å². The molecule has 15 heavy (non-hydrogen) atoms. The van der Waals surface area contributed by atoms with E-state index in [-0.39, 0.29) is 11.3 Å². The van der Waals surface area contributed by atoms with Crippen molar-refractivity contribution in [3.8, 4) is 5.75 Å². The number of nitrogens with two attached hydrogens (primary N) is 1. The number of benzene rings is 1. The summed E-state index contributed by atoms with van der Waals surface area (Å²) < 4.78 is 32.0. The minimum absolute atomic E-state index is 0.179. The minimum atomic E-state index is -0.913. The fourth-order valence-corrected chi connectivity index (χ4v) is 1.62. The van der Waals surface area contributed by atoms with Crippen molar-refractivity contribution < 1.29 is 18.3 Å². The number of hydrogen-bond donors (Lipinski definition) is 1. The second-order valence-electron chi connectivity index (χ2n) is 3.25. The molecule has 1 aliphatic rings. The molecule has 0 saturated carbocycles. The molecule has 0 saturated heterocycles. The number of carbonyl (C=O) groups excluding carboxylic acids is 1. The lowest BCUT2D eigenvalue weighted by atomic mass is 10.0. The average Bonchev–Trinajstić information content (AvgIpc) is 2.65. The van der Waals surface area contributed by atoms with Gasteiger partial charge in [-0.05, 0) is 0 Å². The molecule has 0 amide bonds. The summed E-state index contributed by atoms with van der Waals surface area (Å²) in [5, 5.41) is 0. The van der Waals surface area contributed by atoms with Crippen molar-refractivity contribution in [2.75, 3.05) is 13.2 Å². The highest BCUT2D eigenvalue weighted by Gasteiger charge is 2.26. The Balaban J connectivity index is 2.61. The molecule has 3 nitrogen and oxygen atoms in total. The van der Waals surface area contributed by atoms with Gasteiger partial charge in [0.05, 0.1) is 18.7 Å². The first-order valence-corrected chi connectivity index (χ1v) is 4.52. The highest BCUT2D eigenvalue weighted by atomic mass is 19.1. The molecule has 0 unspecified atom stereocenters. The van der Waals surface area contributed by atoms with E-state index >= 15 is 0 Å². The third-order valence-electron chi connectivity index (χ3n) is 2.35. The molecule has 2 N–H and O–H groups in total. The maximum atomic E-state index is 13.7. The zero-order valence-corrected chi connectivity index (χ0v) is 7.85. The highest BCUT2D eigenvalue weighted by molar-refractivity contribution is 5.98. The van der Waals surface area contributed by atoms with Gasteiger partial charge in [-0.25, -0.2) is 8.78 Å². The lowest BCUT2D eigenvalue weighted by molar-refractivity contribution is 0.0993. The SMILES string of the molecule is NCC(=O)c1c(F)cc2c(c1F)CCO2. The minimum Gasteiger partial charge on any atom is -0.493 e. The van der Waals surface area contributed by atoms with Crippen molar-refractivity contribution in [1.82, 2.24) is 0 Å². The second kappa shape index (κ2) is 3.58. The first-order valence-electron chi connectivity index (χ1n) is 4.52. The van der Waals surface area contributed by atoms with E-state index in [4.69, 9.17) is 10.5 Å².